The first-order valence-electron chi connectivity index (χ1n) is 9.66. The minimum atomic E-state index is -0.168. The number of rotatable bonds is 4. The number of aryl methyl sites for hydroxylation is 2. The molecule has 8 heteroatoms. The molecule has 146 valence electrons. The maximum absolute atomic E-state index is 13.5. The van der Waals surface area contributed by atoms with Crippen LogP contribution in [0.25, 0.3) is 0 Å². The number of morpholine rings is 1. The fourth-order valence-corrected chi connectivity index (χ4v) is 4.25. The van der Waals surface area contributed by atoms with Crippen LogP contribution < -0.4 is 0 Å². The maximum atomic E-state index is 13.5. The van der Waals surface area contributed by atoms with Gasteiger partial charge in [-0.15, -0.1) is 0 Å². The van der Waals surface area contributed by atoms with Gasteiger partial charge < -0.3 is 14.5 Å². The van der Waals surface area contributed by atoms with Gasteiger partial charge in [0.1, 0.15) is 0 Å². The summed E-state index contributed by atoms with van der Waals surface area (Å²) >= 11 is 0. The largest absolute Gasteiger partial charge is 0.373 e. The van der Waals surface area contributed by atoms with Crippen LogP contribution in [-0.2, 0) is 24.6 Å². The standard InChI is InChI=1S/C19H28N6O2/c1-23(2)12-16-18(13-10-20-24(3)11-13)25(8-9-27-16)19(26)17-14-6-4-5-7-15(14)21-22-17/h10-11,16,18H,4-9,12H2,1-3H3,(H,21,22)/t16-,18-/m0/s1. The van der Waals surface area contributed by atoms with E-state index < -0.39 is 0 Å². The minimum Gasteiger partial charge on any atom is -0.373 e. The number of carbonyl (C=O) groups excluding carboxylic acids is 1. The van der Waals surface area contributed by atoms with Crippen LogP contribution in [0, 0.1) is 0 Å². The highest BCUT2D eigenvalue weighted by Gasteiger charge is 2.39. The molecule has 8 nitrogen and oxygen atoms in total. The van der Waals surface area contributed by atoms with Crippen LogP contribution >= 0.6 is 0 Å². The number of fused-ring (bicyclic) bond motifs is 1. The third-order valence-electron chi connectivity index (χ3n) is 5.48. The fraction of sp³-hybridized carbons (Fsp3) is 0.632. The summed E-state index contributed by atoms with van der Waals surface area (Å²) in [7, 11) is 5.94. The summed E-state index contributed by atoms with van der Waals surface area (Å²) in [6, 6.07) is -0.168. The number of hydrogen-bond acceptors (Lipinski definition) is 5. The summed E-state index contributed by atoms with van der Waals surface area (Å²) in [5.41, 5.74) is 3.82. The van der Waals surface area contributed by atoms with E-state index in [1.807, 2.05) is 38.4 Å². The van der Waals surface area contributed by atoms with Gasteiger partial charge in [-0.25, -0.2) is 0 Å². The van der Waals surface area contributed by atoms with E-state index in [1.165, 1.54) is 0 Å². The molecule has 0 aromatic carbocycles. The van der Waals surface area contributed by atoms with Crippen molar-refractivity contribution in [2.24, 2.45) is 7.05 Å². The summed E-state index contributed by atoms with van der Waals surface area (Å²) in [6.07, 6.45) is 7.89. The Labute approximate surface area is 159 Å². The number of hydrogen-bond donors (Lipinski definition) is 1. The molecule has 1 N–H and O–H groups in total. The molecule has 0 radical (unpaired) electrons. The van der Waals surface area contributed by atoms with Gasteiger partial charge in [0.15, 0.2) is 5.69 Å². The number of likely N-dealkylation sites (N-methyl/N-ethyl adjacent to an activating group) is 1. The summed E-state index contributed by atoms with van der Waals surface area (Å²) in [5.74, 6) is -0.00434. The molecule has 27 heavy (non-hydrogen) atoms. The van der Waals surface area contributed by atoms with Gasteiger partial charge in [-0.05, 0) is 39.8 Å². The van der Waals surface area contributed by atoms with Crippen LogP contribution in [0.2, 0.25) is 0 Å². The third-order valence-corrected chi connectivity index (χ3v) is 5.48. The van der Waals surface area contributed by atoms with Crippen LogP contribution in [0.4, 0.5) is 0 Å². The summed E-state index contributed by atoms with van der Waals surface area (Å²) in [4.78, 5) is 17.5. The molecule has 1 aliphatic carbocycles. The van der Waals surface area contributed by atoms with Crippen molar-refractivity contribution in [1.82, 2.24) is 29.8 Å². The Kier molecular flexibility index (Phi) is 5.01. The van der Waals surface area contributed by atoms with Crippen molar-refractivity contribution >= 4 is 5.91 Å². The second-order valence-corrected chi connectivity index (χ2v) is 7.80. The highest BCUT2D eigenvalue weighted by Crippen LogP contribution is 2.32. The second kappa shape index (κ2) is 7.44. The van der Waals surface area contributed by atoms with Gasteiger partial charge in [0.25, 0.3) is 5.91 Å². The Morgan fingerprint density at radius 1 is 1.37 bits per heavy atom. The smallest absolute Gasteiger partial charge is 0.275 e. The lowest BCUT2D eigenvalue weighted by atomic mass is 9.94. The third kappa shape index (κ3) is 3.51. The van der Waals surface area contributed by atoms with E-state index >= 15 is 0 Å². The highest BCUT2D eigenvalue weighted by atomic mass is 16.5. The molecule has 3 heterocycles. The molecule has 2 atom stereocenters. The Hall–Kier alpha value is -2.19. The summed E-state index contributed by atoms with van der Waals surface area (Å²) in [5, 5.41) is 11.8. The van der Waals surface area contributed by atoms with Crippen molar-refractivity contribution in [3.05, 3.63) is 34.9 Å². The molecule has 2 aromatic rings. The first-order chi connectivity index (χ1) is 13.0. The molecule has 2 aliphatic rings. The molecule has 1 saturated heterocycles. The number of nitrogens with zero attached hydrogens (tertiary/aromatic N) is 5. The van der Waals surface area contributed by atoms with E-state index in [0.717, 1.165) is 49.0 Å². The molecular formula is C19H28N6O2. The van der Waals surface area contributed by atoms with Gasteiger partial charge in [-0.1, -0.05) is 0 Å². The van der Waals surface area contributed by atoms with Gasteiger partial charge in [-0.2, -0.15) is 10.2 Å². The van der Waals surface area contributed by atoms with Crippen molar-refractivity contribution in [3.63, 3.8) is 0 Å². The van der Waals surface area contributed by atoms with Crippen LogP contribution in [-0.4, -0.2) is 75.6 Å². The lowest BCUT2D eigenvalue weighted by Crippen LogP contribution is -2.51. The highest BCUT2D eigenvalue weighted by molar-refractivity contribution is 5.94. The number of amides is 1. The number of ether oxygens (including phenoxy) is 1. The van der Waals surface area contributed by atoms with Crippen molar-refractivity contribution in [2.75, 3.05) is 33.8 Å². The molecule has 0 unspecified atom stereocenters. The Morgan fingerprint density at radius 2 is 2.19 bits per heavy atom. The fourth-order valence-electron chi connectivity index (χ4n) is 4.25. The molecular weight excluding hydrogens is 344 g/mol. The van der Waals surface area contributed by atoms with Gasteiger partial charge in [0.05, 0.1) is 24.9 Å². The molecule has 1 amide bonds. The molecule has 2 aromatic heterocycles. The topological polar surface area (TPSA) is 79.3 Å². The van der Waals surface area contributed by atoms with Crippen LogP contribution in [0.1, 0.15) is 46.2 Å². The van der Waals surface area contributed by atoms with Gasteiger partial charge in [0, 0.05) is 43.2 Å². The Balaban J connectivity index is 1.68. The molecule has 1 aliphatic heterocycles. The molecule has 0 bridgehead atoms. The van der Waals surface area contributed by atoms with Gasteiger partial charge in [0.2, 0.25) is 0 Å². The average Bonchev–Trinajstić information content (AvgIpc) is 3.26. The first kappa shape index (κ1) is 18.2. The molecule has 1 fully saturated rings. The number of carbonyl (C=O) groups is 1. The zero-order valence-corrected chi connectivity index (χ0v) is 16.3. The average molecular weight is 372 g/mol. The monoisotopic (exact) mass is 372 g/mol. The number of aromatic amines is 1. The van der Waals surface area contributed by atoms with E-state index in [-0.39, 0.29) is 18.1 Å². The van der Waals surface area contributed by atoms with Crippen molar-refractivity contribution in [1.29, 1.82) is 0 Å². The Bertz CT molecular complexity index is 811. The minimum absolute atomic E-state index is 0.00434. The van der Waals surface area contributed by atoms with Crippen molar-refractivity contribution < 1.29 is 9.53 Å². The Morgan fingerprint density at radius 3 is 2.93 bits per heavy atom. The SMILES string of the molecule is CN(C)C[C@@H]1OCCN(C(=O)c2n[nH]c3c2CCCC3)[C@H]1c1cnn(C)c1. The molecule has 0 spiro atoms. The van der Waals surface area contributed by atoms with Crippen LogP contribution in [0.15, 0.2) is 12.4 Å². The predicted molar refractivity (Wildman–Crippen MR) is 101 cm³/mol. The van der Waals surface area contributed by atoms with Crippen LogP contribution in [0.3, 0.4) is 0 Å². The van der Waals surface area contributed by atoms with E-state index in [2.05, 4.69) is 20.2 Å². The zero-order chi connectivity index (χ0) is 19.0. The lowest BCUT2D eigenvalue weighted by Gasteiger charge is -2.41. The second-order valence-electron chi connectivity index (χ2n) is 7.80. The molecule has 0 saturated carbocycles. The van der Waals surface area contributed by atoms with Gasteiger partial charge in [-0.3, -0.25) is 14.6 Å². The first-order valence-corrected chi connectivity index (χ1v) is 9.66. The summed E-state index contributed by atoms with van der Waals surface area (Å²) in [6.45, 7) is 1.83. The van der Waals surface area contributed by atoms with Gasteiger partial charge >= 0.3 is 0 Å². The van der Waals surface area contributed by atoms with E-state index in [9.17, 15) is 4.79 Å². The maximum Gasteiger partial charge on any atom is 0.275 e. The number of aromatic nitrogens is 4. The van der Waals surface area contributed by atoms with E-state index in [1.54, 1.807) is 4.68 Å². The predicted octanol–water partition coefficient (Wildman–Crippen LogP) is 1.17. The van der Waals surface area contributed by atoms with E-state index in [0.29, 0.717) is 18.8 Å². The van der Waals surface area contributed by atoms with E-state index in [4.69, 9.17) is 4.74 Å². The quantitative estimate of drug-likeness (QED) is 0.871. The number of nitrogens with one attached hydrogen (secondary N) is 1. The molecule has 4 rings (SSSR count). The van der Waals surface area contributed by atoms with Crippen molar-refractivity contribution in [3.8, 4) is 0 Å². The zero-order valence-electron chi connectivity index (χ0n) is 16.3. The lowest BCUT2D eigenvalue weighted by molar-refractivity contribution is -0.0686. The van der Waals surface area contributed by atoms with Crippen LogP contribution in [0.5, 0.6) is 0 Å². The normalized spacial score (nSPS) is 22.9. The summed E-state index contributed by atoms with van der Waals surface area (Å²) < 4.78 is 7.85. The van der Waals surface area contributed by atoms with Crippen molar-refractivity contribution in [2.45, 2.75) is 37.8 Å². The number of H-pyrrole nitrogens is 1.